The first kappa shape index (κ1) is 18.5. The number of nitrogens with two attached hydrogens (primary N) is 1. The van der Waals surface area contributed by atoms with Crippen LogP contribution in [0.5, 0.6) is 0 Å². The zero-order chi connectivity index (χ0) is 18.6. The molecule has 2 aromatic rings. The molecular formula is C17H18N2O5S. The highest BCUT2D eigenvalue weighted by Crippen LogP contribution is 2.18. The maximum atomic E-state index is 12.5. The molecule has 0 bridgehead atoms. The van der Waals surface area contributed by atoms with E-state index in [0.29, 0.717) is 5.69 Å². The normalized spacial score (nSPS) is 12.2. The van der Waals surface area contributed by atoms with E-state index in [1.54, 1.807) is 24.3 Å². The molecule has 2 aromatic carbocycles. The molecule has 0 aliphatic heterocycles. The highest BCUT2D eigenvalue weighted by Gasteiger charge is 2.20. The average Bonchev–Trinajstić information content (AvgIpc) is 2.56. The van der Waals surface area contributed by atoms with Gasteiger partial charge in [0.2, 0.25) is 0 Å². The van der Waals surface area contributed by atoms with Crippen molar-refractivity contribution >= 4 is 27.6 Å². The molecule has 132 valence electrons. The summed E-state index contributed by atoms with van der Waals surface area (Å²) in [6, 6.07) is 12.2. The van der Waals surface area contributed by atoms with Gasteiger partial charge in [-0.05, 0) is 44.2 Å². The Kier molecular flexibility index (Phi) is 5.43. The van der Waals surface area contributed by atoms with E-state index >= 15 is 0 Å². The van der Waals surface area contributed by atoms with Crippen LogP contribution in [0.4, 0.5) is 5.69 Å². The van der Waals surface area contributed by atoms with Crippen LogP contribution >= 0.6 is 0 Å². The fourth-order valence-electron chi connectivity index (χ4n) is 1.91. The molecule has 0 saturated carbocycles. The van der Waals surface area contributed by atoms with E-state index in [0.717, 1.165) is 5.56 Å². The van der Waals surface area contributed by atoms with Gasteiger partial charge in [0, 0.05) is 5.69 Å². The van der Waals surface area contributed by atoms with Crippen LogP contribution in [0, 0.1) is 6.92 Å². The summed E-state index contributed by atoms with van der Waals surface area (Å²) in [6.07, 6.45) is -1.11. The molecule has 0 aliphatic carbocycles. The number of rotatable bonds is 6. The van der Waals surface area contributed by atoms with Crippen molar-refractivity contribution in [3.63, 3.8) is 0 Å². The van der Waals surface area contributed by atoms with Gasteiger partial charge in [0.15, 0.2) is 6.10 Å². The Morgan fingerprint density at radius 3 is 2.36 bits per heavy atom. The van der Waals surface area contributed by atoms with Crippen molar-refractivity contribution in [1.29, 1.82) is 0 Å². The molecule has 0 saturated heterocycles. The fraction of sp³-hybridized carbons (Fsp3) is 0.176. The van der Waals surface area contributed by atoms with Crippen LogP contribution in [0.1, 0.15) is 22.8 Å². The number of ether oxygens (including phenoxy) is 1. The van der Waals surface area contributed by atoms with Gasteiger partial charge in [-0.25, -0.2) is 13.2 Å². The minimum Gasteiger partial charge on any atom is -0.449 e. The predicted octanol–water partition coefficient (Wildman–Crippen LogP) is 1.83. The van der Waals surface area contributed by atoms with E-state index in [9.17, 15) is 18.0 Å². The van der Waals surface area contributed by atoms with Crippen LogP contribution in [-0.4, -0.2) is 26.4 Å². The molecule has 1 atom stereocenters. The molecule has 0 radical (unpaired) electrons. The largest absolute Gasteiger partial charge is 0.449 e. The predicted molar refractivity (Wildman–Crippen MR) is 92.5 cm³/mol. The third kappa shape index (κ3) is 4.80. The first-order chi connectivity index (χ1) is 11.7. The highest BCUT2D eigenvalue weighted by molar-refractivity contribution is 7.92. The summed E-state index contributed by atoms with van der Waals surface area (Å²) in [5, 5.41) is 0. The lowest BCUT2D eigenvalue weighted by Crippen LogP contribution is -2.30. The molecule has 7 nitrogen and oxygen atoms in total. The minimum atomic E-state index is -3.88. The number of aryl methyl sites for hydroxylation is 1. The summed E-state index contributed by atoms with van der Waals surface area (Å²) >= 11 is 0. The number of carbonyl (C=O) groups excluding carboxylic acids is 2. The van der Waals surface area contributed by atoms with Gasteiger partial charge in [-0.2, -0.15) is 0 Å². The summed E-state index contributed by atoms with van der Waals surface area (Å²) in [4.78, 5) is 22.8. The Morgan fingerprint density at radius 2 is 1.76 bits per heavy atom. The third-order valence-electron chi connectivity index (χ3n) is 3.37. The summed E-state index contributed by atoms with van der Waals surface area (Å²) in [7, 11) is -3.88. The number of sulfonamides is 1. The molecule has 2 rings (SSSR count). The standard InChI is InChI=1S/C17H18N2O5S/c1-11-6-8-14(9-7-11)19-25(22,23)15-5-3-4-13(10-15)17(21)24-12(2)16(18)20/h3-10,12,19H,1-2H3,(H2,18,20)/t12-/m0/s1. The van der Waals surface area contributed by atoms with E-state index < -0.39 is 28.0 Å². The topological polar surface area (TPSA) is 116 Å². The number of amides is 1. The first-order valence-electron chi connectivity index (χ1n) is 7.39. The van der Waals surface area contributed by atoms with Gasteiger partial charge in [0.25, 0.3) is 15.9 Å². The van der Waals surface area contributed by atoms with Crippen molar-refractivity contribution in [3.05, 3.63) is 59.7 Å². The molecule has 0 spiro atoms. The number of primary amides is 1. The van der Waals surface area contributed by atoms with E-state index in [1.165, 1.54) is 31.2 Å². The van der Waals surface area contributed by atoms with Gasteiger partial charge < -0.3 is 10.5 Å². The molecular weight excluding hydrogens is 344 g/mol. The molecule has 25 heavy (non-hydrogen) atoms. The quantitative estimate of drug-likeness (QED) is 0.761. The first-order valence-corrected chi connectivity index (χ1v) is 8.87. The van der Waals surface area contributed by atoms with Crippen LogP contribution in [0.2, 0.25) is 0 Å². The lowest BCUT2D eigenvalue weighted by molar-refractivity contribution is -0.125. The van der Waals surface area contributed by atoms with Gasteiger partial charge in [-0.1, -0.05) is 23.8 Å². The van der Waals surface area contributed by atoms with Crippen LogP contribution < -0.4 is 10.5 Å². The van der Waals surface area contributed by atoms with Crippen LogP contribution in [-0.2, 0) is 19.6 Å². The number of benzene rings is 2. The number of carbonyl (C=O) groups is 2. The summed E-state index contributed by atoms with van der Waals surface area (Å²) in [5.74, 6) is -1.63. The molecule has 8 heteroatoms. The Bertz CT molecular complexity index is 892. The van der Waals surface area contributed by atoms with E-state index in [1.807, 2.05) is 6.92 Å². The number of hydrogen-bond acceptors (Lipinski definition) is 5. The SMILES string of the molecule is Cc1ccc(NS(=O)(=O)c2cccc(C(=O)O[C@@H](C)C(N)=O)c2)cc1. The summed E-state index contributed by atoms with van der Waals surface area (Å²) in [6.45, 7) is 3.22. The zero-order valence-electron chi connectivity index (χ0n) is 13.7. The van der Waals surface area contributed by atoms with Gasteiger partial charge in [-0.3, -0.25) is 9.52 Å². The zero-order valence-corrected chi connectivity index (χ0v) is 14.5. The number of nitrogens with one attached hydrogen (secondary N) is 1. The Balaban J connectivity index is 2.23. The monoisotopic (exact) mass is 362 g/mol. The van der Waals surface area contributed by atoms with E-state index in [4.69, 9.17) is 10.5 Å². The molecule has 3 N–H and O–H groups in total. The van der Waals surface area contributed by atoms with Crippen LogP contribution in [0.25, 0.3) is 0 Å². The minimum absolute atomic E-state index is 0.000110. The third-order valence-corrected chi connectivity index (χ3v) is 4.75. The highest BCUT2D eigenvalue weighted by atomic mass is 32.2. The fourth-order valence-corrected chi connectivity index (χ4v) is 3.02. The van der Waals surface area contributed by atoms with E-state index in [-0.39, 0.29) is 10.5 Å². The Morgan fingerprint density at radius 1 is 1.12 bits per heavy atom. The lowest BCUT2D eigenvalue weighted by atomic mass is 10.2. The van der Waals surface area contributed by atoms with Gasteiger partial charge >= 0.3 is 5.97 Å². The lowest BCUT2D eigenvalue weighted by Gasteiger charge is -2.11. The number of anilines is 1. The van der Waals surface area contributed by atoms with Crippen molar-refractivity contribution in [1.82, 2.24) is 0 Å². The van der Waals surface area contributed by atoms with Crippen LogP contribution in [0.15, 0.2) is 53.4 Å². The van der Waals surface area contributed by atoms with Crippen molar-refractivity contribution < 1.29 is 22.7 Å². The second-order valence-electron chi connectivity index (χ2n) is 5.45. The van der Waals surface area contributed by atoms with E-state index in [2.05, 4.69) is 4.72 Å². The maximum Gasteiger partial charge on any atom is 0.338 e. The van der Waals surface area contributed by atoms with Gasteiger partial charge in [0.05, 0.1) is 10.5 Å². The smallest absolute Gasteiger partial charge is 0.338 e. The van der Waals surface area contributed by atoms with Crippen LogP contribution in [0.3, 0.4) is 0 Å². The molecule has 0 heterocycles. The molecule has 0 aromatic heterocycles. The van der Waals surface area contributed by atoms with Gasteiger partial charge in [-0.15, -0.1) is 0 Å². The molecule has 0 fully saturated rings. The maximum absolute atomic E-state index is 12.5. The van der Waals surface area contributed by atoms with Crippen molar-refractivity contribution in [2.75, 3.05) is 4.72 Å². The number of hydrogen-bond donors (Lipinski definition) is 2. The average molecular weight is 362 g/mol. The Hall–Kier alpha value is -2.87. The molecule has 0 unspecified atom stereocenters. The second kappa shape index (κ2) is 7.35. The van der Waals surface area contributed by atoms with Crippen molar-refractivity contribution in [3.8, 4) is 0 Å². The summed E-state index contributed by atoms with van der Waals surface area (Å²) in [5.41, 5.74) is 6.44. The van der Waals surface area contributed by atoms with Crippen molar-refractivity contribution in [2.45, 2.75) is 24.8 Å². The van der Waals surface area contributed by atoms with Gasteiger partial charge in [0.1, 0.15) is 0 Å². The Labute approximate surface area is 145 Å². The second-order valence-corrected chi connectivity index (χ2v) is 7.13. The molecule has 0 aliphatic rings. The number of esters is 1. The van der Waals surface area contributed by atoms with Crippen molar-refractivity contribution in [2.24, 2.45) is 5.73 Å². The summed E-state index contributed by atoms with van der Waals surface area (Å²) < 4.78 is 32.2. The molecule has 1 amide bonds.